The van der Waals surface area contributed by atoms with Crippen LogP contribution in [0.15, 0.2) is 59.3 Å². The third-order valence-electron chi connectivity index (χ3n) is 3.75. The Labute approximate surface area is 170 Å². The molecule has 140 valence electrons. The van der Waals surface area contributed by atoms with Gasteiger partial charge in [-0.2, -0.15) is 5.26 Å². The maximum Gasteiger partial charge on any atom is 0.340 e. The van der Waals surface area contributed by atoms with Crippen molar-refractivity contribution in [1.29, 1.82) is 5.26 Å². The first kappa shape index (κ1) is 19.5. The number of rotatable bonds is 6. The summed E-state index contributed by atoms with van der Waals surface area (Å²) in [6, 6.07) is 16.0. The molecule has 1 N–H and O–H groups in total. The predicted octanol–water partition coefficient (Wildman–Crippen LogP) is 4.79. The van der Waals surface area contributed by atoms with Crippen LogP contribution in [0.1, 0.15) is 22.2 Å². The maximum atomic E-state index is 12.7. The van der Waals surface area contributed by atoms with Gasteiger partial charge in [-0.05, 0) is 54.1 Å². The number of carbonyl (C=O) groups is 2. The summed E-state index contributed by atoms with van der Waals surface area (Å²) in [5.41, 5.74) is 1.31. The lowest BCUT2D eigenvalue weighted by Crippen LogP contribution is -2.30. The Morgan fingerprint density at radius 1 is 1.14 bits per heavy atom. The molecule has 0 saturated heterocycles. The lowest BCUT2D eigenvalue weighted by atomic mass is 10.2. The van der Waals surface area contributed by atoms with Gasteiger partial charge in [0.2, 0.25) is 0 Å². The van der Waals surface area contributed by atoms with Crippen molar-refractivity contribution in [2.75, 3.05) is 5.32 Å². The summed E-state index contributed by atoms with van der Waals surface area (Å²) in [6.45, 7) is 1.51. The summed E-state index contributed by atoms with van der Waals surface area (Å²) >= 11 is 2.94. The van der Waals surface area contributed by atoms with Gasteiger partial charge in [0.05, 0.1) is 17.2 Å². The zero-order valence-electron chi connectivity index (χ0n) is 14.9. The van der Waals surface area contributed by atoms with Crippen LogP contribution in [0.2, 0.25) is 0 Å². The van der Waals surface area contributed by atoms with E-state index < -0.39 is 18.0 Å². The quantitative estimate of drug-likeness (QED) is 0.470. The first-order valence-corrected chi connectivity index (χ1v) is 10.1. The zero-order valence-corrected chi connectivity index (χ0v) is 16.5. The van der Waals surface area contributed by atoms with Gasteiger partial charge in [-0.25, -0.2) is 4.79 Å². The first-order valence-electron chi connectivity index (χ1n) is 8.38. The second-order valence-corrected chi connectivity index (χ2v) is 7.71. The normalized spacial score (nSPS) is 12.1. The molecule has 0 aliphatic heterocycles. The van der Waals surface area contributed by atoms with Crippen LogP contribution in [0, 0.1) is 11.3 Å². The van der Waals surface area contributed by atoms with E-state index in [2.05, 4.69) is 5.32 Å². The van der Waals surface area contributed by atoms with Crippen molar-refractivity contribution < 1.29 is 14.3 Å². The lowest BCUT2D eigenvalue weighted by Gasteiger charge is -2.14. The molecule has 7 heteroatoms. The van der Waals surface area contributed by atoms with E-state index in [4.69, 9.17) is 10.00 Å². The Balaban J connectivity index is 1.72. The molecule has 0 bridgehead atoms. The van der Waals surface area contributed by atoms with E-state index in [0.717, 1.165) is 9.75 Å². The first-order chi connectivity index (χ1) is 13.6. The van der Waals surface area contributed by atoms with E-state index in [0.29, 0.717) is 16.8 Å². The van der Waals surface area contributed by atoms with Crippen LogP contribution in [0.3, 0.4) is 0 Å². The largest absolute Gasteiger partial charge is 0.449 e. The van der Waals surface area contributed by atoms with E-state index in [9.17, 15) is 9.59 Å². The molecule has 2 heterocycles. The van der Waals surface area contributed by atoms with E-state index in [1.165, 1.54) is 29.6 Å². The highest BCUT2D eigenvalue weighted by atomic mass is 32.1. The molecular weight excluding hydrogens is 392 g/mol. The minimum absolute atomic E-state index is 0.406. The molecule has 28 heavy (non-hydrogen) atoms. The highest BCUT2D eigenvalue weighted by Crippen LogP contribution is 2.26. The number of ether oxygens (including phenoxy) is 1. The van der Waals surface area contributed by atoms with Crippen molar-refractivity contribution in [3.63, 3.8) is 0 Å². The van der Waals surface area contributed by atoms with E-state index in [1.807, 2.05) is 41.1 Å². The molecule has 0 fully saturated rings. The molecule has 0 unspecified atom stereocenters. The van der Waals surface area contributed by atoms with Crippen molar-refractivity contribution in [3.8, 4) is 6.07 Å². The Hall–Kier alpha value is -3.21. The Kier molecular flexibility index (Phi) is 6.37. The third kappa shape index (κ3) is 4.94. The van der Waals surface area contributed by atoms with Crippen LogP contribution in [-0.2, 0) is 14.3 Å². The fraction of sp³-hybridized carbons (Fsp3) is 0.0952. The molecule has 2 aromatic heterocycles. The zero-order chi connectivity index (χ0) is 19.9. The van der Waals surface area contributed by atoms with E-state index in [1.54, 1.807) is 30.3 Å². The maximum absolute atomic E-state index is 12.7. The Bertz CT molecular complexity index is 1030. The monoisotopic (exact) mass is 408 g/mol. The standard InChI is InChI=1S/C21H16N2O3S2/c1-14(20(24)23-16-6-2-5-15(11-16)13-22)26-21(25)18(19-8-4-10-28-19)12-17-7-3-9-27-17/h2-12,14H,1H3,(H,23,24)/b18-12+/t14-/m1/s1. The highest BCUT2D eigenvalue weighted by molar-refractivity contribution is 7.12. The van der Waals surface area contributed by atoms with Crippen molar-refractivity contribution in [2.24, 2.45) is 0 Å². The van der Waals surface area contributed by atoms with Crippen molar-refractivity contribution in [2.45, 2.75) is 13.0 Å². The molecule has 0 spiro atoms. The second kappa shape index (κ2) is 9.13. The van der Waals surface area contributed by atoms with Gasteiger partial charge in [-0.1, -0.05) is 18.2 Å². The van der Waals surface area contributed by atoms with Gasteiger partial charge >= 0.3 is 5.97 Å². The van der Waals surface area contributed by atoms with Gasteiger partial charge in [-0.3, -0.25) is 4.79 Å². The van der Waals surface area contributed by atoms with Gasteiger partial charge in [0.25, 0.3) is 5.91 Å². The van der Waals surface area contributed by atoms with Crippen LogP contribution < -0.4 is 5.32 Å². The van der Waals surface area contributed by atoms with Crippen LogP contribution in [0.5, 0.6) is 0 Å². The number of anilines is 1. The molecule has 1 aromatic carbocycles. The number of nitrogens with zero attached hydrogens (tertiary/aromatic N) is 1. The van der Waals surface area contributed by atoms with Crippen molar-refractivity contribution in [3.05, 3.63) is 74.6 Å². The van der Waals surface area contributed by atoms with Gasteiger partial charge in [0, 0.05) is 15.4 Å². The average molecular weight is 409 g/mol. The van der Waals surface area contributed by atoms with Crippen molar-refractivity contribution in [1.82, 2.24) is 0 Å². The van der Waals surface area contributed by atoms with Crippen LogP contribution >= 0.6 is 22.7 Å². The SMILES string of the molecule is C[C@@H](OC(=O)/C(=C/c1cccs1)c1cccs1)C(=O)Nc1cccc(C#N)c1. The van der Waals surface area contributed by atoms with Gasteiger partial charge in [0.1, 0.15) is 0 Å². The molecule has 3 aromatic rings. The van der Waals surface area contributed by atoms with Crippen LogP contribution in [0.4, 0.5) is 5.69 Å². The summed E-state index contributed by atoms with van der Waals surface area (Å²) in [4.78, 5) is 26.8. The second-order valence-electron chi connectivity index (χ2n) is 5.78. The topological polar surface area (TPSA) is 79.2 Å². The average Bonchev–Trinajstić information content (AvgIpc) is 3.40. The number of carbonyl (C=O) groups excluding carboxylic acids is 2. The number of hydrogen-bond donors (Lipinski definition) is 1. The fourth-order valence-corrected chi connectivity index (χ4v) is 3.75. The number of amides is 1. The Morgan fingerprint density at radius 3 is 2.61 bits per heavy atom. The van der Waals surface area contributed by atoms with Gasteiger partial charge in [-0.15, -0.1) is 22.7 Å². The number of nitrogens with one attached hydrogen (secondary N) is 1. The minimum Gasteiger partial charge on any atom is -0.449 e. The molecule has 0 aliphatic carbocycles. The molecular formula is C21H16N2O3S2. The van der Waals surface area contributed by atoms with Crippen LogP contribution in [-0.4, -0.2) is 18.0 Å². The van der Waals surface area contributed by atoms with Gasteiger partial charge < -0.3 is 10.1 Å². The highest BCUT2D eigenvalue weighted by Gasteiger charge is 2.22. The molecule has 0 radical (unpaired) electrons. The predicted molar refractivity (Wildman–Crippen MR) is 112 cm³/mol. The minimum atomic E-state index is -0.995. The van der Waals surface area contributed by atoms with Crippen molar-refractivity contribution >= 4 is 51.9 Å². The molecule has 3 rings (SSSR count). The van der Waals surface area contributed by atoms with E-state index in [-0.39, 0.29) is 0 Å². The smallest absolute Gasteiger partial charge is 0.340 e. The molecule has 5 nitrogen and oxygen atoms in total. The Morgan fingerprint density at radius 2 is 1.93 bits per heavy atom. The summed E-state index contributed by atoms with van der Waals surface area (Å²) < 4.78 is 5.40. The summed E-state index contributed by atoms with van der Waals surface area (Å²) in [7, 11) is 0. The number of thiophene rings is 2. The van der Waals surface area contributed by atoms with E-state index >= 15 is 0 Å². The summed E-state index contributed by atoms with van der Waals surface area (Å²) in [6.07, 6.45) is 0.768. The van der Waals surface area contributed by atoms with Gasteiger partial charge in [0.15, 0.2) is 6.10 Å². The lowest BCUT2D eigenvalue weighted by molar-refractivity contribution is -0.147. The molecule has 0 aliphatic rings. The summed E-state index contributed by atoms with van der Waals surface area (Å²) in [5, 5.41) is 15.4. The number of esters is 1. The molecule has 0 saturated carbocycles. The summed E-state index contributed by atoms with van der Waals surface area (Å²) in [5.74, 6) is -1.03. The number of nitriles is 1. The number of hydrogen-bond acceptors (Lipinski definition) is 6. The van der Waals surface area contributed by atoms with Crippen LogP contribution in [0.25, 0.3) is 11.6 Å². The molecule has 1 amide bonds. The fourth-order valence-electron chi connectivity index (χ4n) is 2.37. The number of benzene rings is 1. The molecule has 1 atom stereocenters. The third-order valence-corrected chi connectivity index (χ3v) is 5.47.